The maximum Gasteiger partial charge on any atom is 0.319 e. The number of urea groups is 1. The molecule has 9 nitrogen and oxygen atoms in total. The van der Waals surface area contributed by atoms with E-state index >= 15 is 4.39 Å². The number of nitrogens with one attached hydrogen (secondary N) is 3. The number of carbonyl (C=O) groups excluding carboxylic acids is 2. The fourth-order valence-electron chi connectivity index (χ4n) is 9.04. The van der Waals surface area contributed by atoms with Crippen LogP contribution >= 0.6 is 0 Å². The number of piperidine rings is 1. The Morgan fingerprint density at radius 2 is 1.73 bits per heavy atom. The lowest BCUT2D eigenvalue weighted by Gasteiger charge is -2.65. The van der Waals surface area contributed by atoms with Gasteiger partial charge in [0.15, 0.2) is 0 Å². The zero-order valence-corrected chi connectivity index (χ0v) is 23.8. The van der Waals surface area contributed by atoms with Gasteiger partial charge < -0.3 is 31.3 Å². The third kappa shape index (κ3) is 6.00. The Kier molecular flexibility index (Phi) is 7.93. The summed E-state index contributed by atoms with van der Waals surface area (Å²) in [5, 5.41) is 37.2. The van der Waals surface area contributed by atoms with Gasteiger partial charge in [0, 0.05) is 18.6 Å². The standard InChI is InChI=1S/C30H45FN4O5/c1-27-9-21-10-28(2,14-27)16-29(11-21,15-27)34-26(40)32-24-6-5-20(8-23(24)31)12-35-7-3-4-22(13-35)25(39)33-30(17-36,18-37)19-38/h5-6,8,21-22,36-38H,3-4,7,9-19H2,1-2H3,(H,33,39)(H2,32,34,40)/t21?,22?,27-,28+,29?. The SMILES string of the molecule is C[C@]12CC3CC(NC(=O)Nc4ccc(CN5CCCC(C(=O)NC(CO)(CO)CO)C5)cc4F)(C1)C[C@@](C)(C3)C2. The Labute approximate surface area is 235 Å². The first-order chi connectivity index (χ1) is 18.9. The smallest absolute Gasteiger partial charge is 0.319 e. The van der Waals surface area contributed by atoms with Crippen LogP contribution in [0.5, 0.6) is 0 Å². The molecule has 4 aliphatic carbocycles. The molecule has 6 rings (SSSR count). The third-order valence-corrected chi connectivity index (χ3v) is 9.87. The molecule has 222 valence electrons. The molecule has 1 heterocycles. The molecular weight excluding hydrogens is 515 g/mol. The summed E-state index contributed by atoms with van der Waals surface area (Å²) in [5.41, 5.74) is -0.256. The van der Waals surface area contributed by atoms with Crippen LogP contribution in [0.3, 0.4) is 0 Å². The van der Waals surface area contributed by atoms with Gasteiger partial charge in [-0.3, -0.25) is 9.69 Å². The predicted molar refractivity (Wildman–Crippen MR) is 149 cm³/mol. The van der Waals surface area contributed by atoms with Gasteiger partial charge in [-0.05, 0) is 92.4 Å². The Morgan fingerprint density at radius 1 is 1.05 bits per heavy atom. The van der Waals surface area contributed by atoms with E-state index in [9.17, 15) is 24.9 Å². The molecule has 10 heteroatoms. The van der Waals surface area contributed by atoms with Crippen molar-refractivity contribution in [1.82, 2.24) is 15.5 Å². The third-order valence-electron chi connectivity index (χ3n) is 9.87. The molecule has 0 aromatic heterocycles. The molecule has 1 aliphatic heterocycles. The minimum Gasteiger partial charge on any atom is -0.394 e. The maximum absolute atomic E-state index is 15.1. The van der Waals surface area contributed by atoms with Crippen LogP contribution in [-0.4, -0.2) is 76.1 Å². The zero-order chi connectivity index (χ0) is 28.8. The van der Waals surface area contributed by atoms with Gasteiger partial charge >= 0.3 is 6.03 Å². The van der Waals surface area contributed by atoms with Crippen molar-refractivity contribution >= 4 is 17.6 Å². The second-order valence-corrected chi connectivity index (χ2v) is 14.1. The normalized spacial score (nSPS) is 33.5. The van der Waals surface area contributed by atoms with Crippen LogP contribution in [0.15, 0.2) is 18.2 Å². The molecular formula is C30H45FN4O5. The minimum absolute atomic E-state index is 0.146. The largest absolute Gasteiger partial charge is 0.394 e. The van der Waals surface area contributed by atoms with Crippen LogP contribution in [-0.2, 0) is 11.3 Å². The fraction of sp³-hybridized carbons (Fsp3) is 0.733. The highest BCUT2D eigenvalue weighted by Gasteiger charge is 2.60. The number of aliphatic hydroxyl groups is 3. The first-order valence-corrected chi connectivity index (χ1v) is 14.7. The number of nitrogens with zero attached hydrogens (tertiary/aromatic N) is 1. The number of rotatable bonds is 9. The highest BCUT2D eigenvalue weighted by molar-refractivity contribution is 5.90. The van der Waals surface area contributed by atoms with Gasteiger partial charge in [-0.1, -0.05) is 19.9 Å². The Bertz CT molecular complexity index is 1100. The van der Waals surface area contributed by atoms with Gasteiger partial charge in [0.2, 0.25) is 5.91 Å². The van der Waals surface area contributed by atoms with Crippen molar-refractivity contribution in [3.05, 3.63) is 29.6 Å². The van der Waals surface area contributed by atoms with E-state index in [1.54, 1.807) is 12.1 Å². The number of anilines is 1. The molecule has 3 amide bonds. The molecule has 0 spiro atoms. The molecule has 1 saturated heterocycles. The monoisotopic (exact) mass is 560 g/mol. The fourth-order valence-corrected chi connectivity index (χ4v) is 9.04. The molecule has 3 unspecified atom stereocenters. The first-order valence-electron chi connectivity index (χ1n) is 14.7. The van der Waals surface area contributed by atoms with Crippen molar-refractivity contribution in [2.75, 3.05) is 38.2 Å². The topological polar surface area (TPSA) is 134 Å². The maximum atomic E-state index is 15.1. The summed E-state index contributed by atoms with van der Waals surface area (Å²) in [5.74, 6) is -0.562. The lowest BCUT2D eigenvalue weighted by atomic mass is 9.43. The molecule has 4 bridgehead atoms. The lowest BCUT2D eigenvalue weighted by Crippen LogP contribution is -2.65. The number of carbonyl (C=O) groups is 2. The van der Waals surface area contributed by atoms with Crippen molar-refractivity contribution in [2.45, 2.75) is 82.8 Å². The molecule has 4 saturated carbocycles. The number of aliphatic hydroxyl groups excluding tert-OH is 3. The molecule has 5 atom stereocenters. The molecule has 5 aliphatic rings. The average Bonchev–Trinajstić information content (AvgIpc) is 2.86. The van der Waals surface area contributed by atoms with E-state index in [0.717, 1.165) is 37.8 Å². The summed E-state index contributed by atoms with van der Waals surface area (Å²) in [6, 6.07) is 4.47. The Balaban J connectivity index is 1.17. The summed E-state index contributed by atoms with van der Waals surface area (Å²) >= 11 is 0. The number of hydrogen-bond donors (Lipinski definition) is 6. The van der Waals surface area contributed by atoms with Crippen LogP contribution < -0.4 is 16.0 Å². The minimum atomic E-state index is -1.46. The average molecular weight is 561 g/mol. The lowest BCUT2D eigenvalue weighted by molar-refractivity contribution is -0.131. The first kappa shape index (κ1) is 29.2. The predicted octanol–water partition coefficient (Wildman–Crippen LogP) is 2.74. The molecule has 6 N–H and O–H groups in total. The van der Waals surface area contributed by atoms with Crippen LogP contribution in [0.25, 0.3) is 0 Å². The van der Waals surface area contributed by atoms with Gasteiger partial charge in [0.1, 0.15) is 11.4 Å². The van der Waals surface area contributed by atoms with Crippen molar-refractivity contribution < 1.29 is 29.3 Å². The molecule has 1 aromatic rings. The molecule has 40 heavy (non-hydrogen) atoms. The number of likely N-dealkylation sites (tertiary alicyclic amines) is 1. The van der Waals surface area contributed by atoms with Crippen LogP contribution in [0.4, 0.5) is 14.9 Å². The summed E-state index contributed by atoms with van der Waals surface area (Å²) < 4.78 is 15.1. The van der Waals surface area contributed by atoms with Crippen LogP contribution in [0.1, 0.15) is 70.8 Å². The van der Waals surface area contributed by atoms with Gasteiger partial charge in [-0.25, -0.2) is 9.18 Å². The van der Waals surface area contributed by atoms with E-state index in [1.165, 1.54) is 25.3 Å². The summed E-state index contributed by atoms with van der Waals surface area (Å²) in [6.07, 6.45) is 8.08. The highest BCUT2D eigenvalue weighted by atomic mass is 19.1. The van der Waals surface area contributed by atoms with Crippen molar-refractivity contribution in [1.29, 1.82) is 0 Å². The summed E-state index contributed by atoms with van der Waals surface area (Å²) in [4.78, 5) is 27.9. The van der Waals surface area contributed by atoms with E-state index in [2.05, 4.69) is 34.7 Å². The van der Waals surface area contributed by atoms with Crippen LogP contribution in [0.2, 0.25) is 0 Å². The van der Waals surface area contributed by atoms with Gasteiger partial charge in [-0.15, -0.1) is 0 Å². The van der Waals surface area contributed by atoms with E-state index in [4.69, 9.17) is 0 Å². The van der Waals surface area contributed by atoms with Crippen molar-refractivity contribution in [3.8, 4) is 0 Å². The number of benzene rings is 1. The Morgan fingerprint density at radius 3 is 2.33 bits per heavy atom. The van der Waals surface area contributed by atoms with Gasteiger partial charge in [0.25, 0.3) is 0 Å². The second-order valence-electron chi connectivity index (χ2n) is 14.1. The van der Waals surface area contributed by atoms with Crippen molar-refractivity contribution in [2.24, 2.45) is 22.7 Å². The molecule has 1 aromatic carbocycles. The van der Waals surface area contributed by atoms with Crippen molar-refractivity contribution in [3.63, 3.8) is 0 Å². The van der Waals surface area contributed by atoms with Crippen LogP contribution in [0, 0.1) is 28.5 Å². The number of halogens is 1. The highest BCUT2D eigenvalue weighted by Crippen LogP contribution is 2.66. The quantitative estimate of drug-likeness (QED) is 0.275. The van der Waals surface area contributed by atoms with E-state index in [-0.39, 0.29) is 39.9 Å². The van der Waals surface area contributed by atoms with Gasteiger partial charge in [-0.2, -0.15) is 0 Å². The zero-order valence-electron chi connectivity index (χ0n) is 23.8. The Hall–Kier alpha value is -2.27. The summed E-state index contributed by atoms with van der Waals surface area (Å²) in [6.45, 7) is 4.63. The number of hydrogen-bond acceptors (Lipinski definition) is 6. The molecule has 0 radical (unpaired) electrons. The van der Waals surface area contributed by atoms with E-state index in [0.29, 0.717) is 25.4 Å². The molecule has 5 fully saturated rings. The number of amides is 3. The van der Waals surface area contributed by atoms with E-state index in [1.807, 2.05) is 0 Å². The second kappa shape index (κ2) is 10.9. The summed E-state index contributed by atoms with van der Waals surface area (Å²) in [7, 11) is 0. The van der Waals surface area contributed by atoms with Gasteiger partial charge in [0.05, 0.1) is 31.4 Å². The van der Waals surface area contributed by atoms with E-state index < -0.39 is 31.2 Å².